The van der Waals surface area contributed by atoms with Gasteiger partial charge in [-0.15, -0.1) is 0 Å². The molecule has 0 radical (unpaired) electrons. The van der Waals surface area contributed by atoms with Crippen molar-refractivity contribution in [3.8, 4) is 17.0 Å². The number of carbonyl (C=O) groups is 2. The zero-order chi connectivity index (χ0) is 27.4. The number of oxazole rings is 1. The molecular weight excluding hydrogens is 504 g/mol. The Kier molecular flexibility index (Phi) is 6.19. The summed E-state index contributed by atoms with van der Waals surface area (Å²) in [5.41, 5.74) is 0.643. The van der Waals surface area contributed by atoms with E-state index in [1.807, 2.05) is 25.7 Å². The second-order valence-corrected chi connectivity index (χ2v) is 10.3. The van der Waals surface area contributed by atoms with Gasteiger partial charge in [0.1, 0.15) is 5.60 Å². The number of alkyl halides is 2. The molecule has 0 N–H and O–H groups in total. The number of nitrogens with zero attached hydrogens (tertiary/aromatic N) is 5. The fourth-order valence-electron chi connectivity index (χ4n) is 4.72. The van der Waals surface area contributed by atoms with Crippen LogP contribution in [0.2, 0.25) is 0 Å². The largest absolute Gasteiger partial charge is 0.502 e. The fraction of sp³-hybridized carbons (Fsp3) is 0.520. The Morgan fingerprint density at radius 3 is 2.47 bits per heavy atom. The van der Waals surface area contributed by atoms with E-state index in [9.17, 15) is 18.4 Å². The molecule has 13 heteroatoms. The smallest absolute Gasteiger partial charge is 0.459 e. The number of rotatable bonds is 6. The van der Waals surface area contributed by atoms with Crippen molar-refractivity contribution in [2.24, 2.45) is 7.05 Å². The first-order valence-electron chi connectivity index (χ1n) is 12.3. The van der Waals surface area contributed by atoms with Crippen LogP contribution >= 0.6 is 0 Å². The highest BCUT2D eigenvalue weighted by Gasteiger charge is 2.50. The Morgan fingerprint density at radius 1 is 1.16 bits per heavy atom. The van der Waals surface area contributed by atoms with Crippen LogP contribution in [0.4, 0.5) is 19.6 Å². The summed E-state index contributed by atoms with van der Waals surface area (Å²) in [7, 11) is 1.75. The van der Waals surface area contributed by atoms with E-state index in [-0.39, 0.29) is 47.6 Å². The van der Waals surface area contributed by atoms with Gasteiger partial charge in [-0.05, 0) is 52.3 Å². The predicted octanol–water partition coefficient (Wildman–Crippen LogP) is 3.96. The van der Waals surface area contributed by atoms with Gasteiger partial charge >= 0.3 is 18.2 Å². The molecule has 2 atom stereocenters. The number of carbonyl (C=O) groups excluding carboxylic acids is 2. The van der Waals surface area contributed by atoms with Crippen molar-refractivity contribution >= 4 is 29.2 Å². The molecule has 1 amide bonds. The number of hydrogen-bond acceptors (Lipinski definition) is 9. The number of piperazine rings is 1. The van der Waals surface area contributed by atoms with Gasteiger partial charge < -0.3 is 23.5 Å². The second-order valence-electron chi connectivity index (χ2n) is 10.3. The normalized spacial score (nSPS) is 19.3. The lowest BCUT2D eigenvalue weighted by atomic mass is 9.88. The van der Waals surface area contributed by atoms with Crippen LogP contribution in [0, 0.1) is 0 Å². The third-order valence-electron chi connectivity index (χ3n) is 6.30. The first kappa shape index (κ1) is 25.7. The summed E-state index contributed by atoms with van der Waals surface area (Å²) >= 11 is 0. The number of ether oxygens (including phenoxy) is 3. The van der Waals surface area contributed by atoms with Crippen LogP contribution in [0.3, 0.4) is 0 Å². The van der Waals surface area contributed by atoms with E-state index in [0.717, 1.165) is 6.42 Å². The highest BCUT2D eigenvalue weighted by Crippen LogP contribution is 2.41. The Bertz CT molecular complexity index is 1370. The minimum Gasteiger partial charge on any atom is -0.459 e. The zero-order valence-corrected chi connectivity index (χ0v) is 21.7. The SMILES string of the molecule is CCOC(=O)C(F)(F)Oc1ccc(-c2ccn(C)n2)c2oc(N3CC4CC(C3)N4C(=O)OC(C)(C)C)nc12. The summed E-state index contributed by atoms with van der Waals surface area (Å²) in [4.78, 5) is 32.5. The average molecular weight is 534 g/mol. The number of fused-ring (bicyclic) bond motifs is 3. The third kappa shape index (κ3) is 4.72. The molecule has 3 aliphatic heterocycles. The Balaban J connectivity index is 1.46. The van der Waals surface area contributed by atoms with Crippen LogP contribution in [-0.2, 0) is 21.3 Å². The third-order valence-corrected chi connectivity index (χ3v) is 6.30. The minimum atomic E-state index is -4.23. The molecule has 0 saturated carbocycles. The first-order valence-corrected chi connectivity index (χ1v) is 12.3. The topological polar surface area (TPSA) is 112 Å². The molecule has 2 bridgehead atoms. The zero-order valence-electron chi connectivity index (χ0n) is 21.7. The molecule has 38 heavy (non-hydrogen) atoms. The van der Waals surface area contributed by atoms with E-state index in [4.69, 9.17) is 13.9 Å². The highest BCUT2D eigenvalue weighted by atomic mass is 19.3. The Hall–Kier alpha value is -3.90. The number of aromatic nitrogens is 3. The number of halogens is 2. The van der Waals surface area contributed by atoms with Crippen molar-refractivity contribution in [2.45, 2.75) is 57.9 Å². The molecule has 5 heterocycles. The van der Waals surface area contributed by atoms with E-state index >= 15 is 0 Å². The van der Waals surface area contributed by atoms with Gasteiger partial charge in [-0.1, -0.05) is 0 Å². The number of piperidine rings is 1. The molecule has 11 nitrogen and oxygen atoms in total. The van der Waals surface area contributed by atoms with Crippen LogP contribution in [0.1, 0.15) is 34.1 Å². The van der Waals surface area contributed by atoms with Crippen LogP contribution in [0.25, 0.3) is 22.4 Å². The van der Waals surface area contributed by atoms with Crippen molar-refractivity contribution < 1.29 is 37.0 Å². The standard InChI is InChI=1S/C25H29F2N5O6/c1-6-35-21(33)25(26,27)37-18-8-7-16(17-9-10-30(5)29-17)20-19(18)28-22(36-20)31-12-14-11-15(13-31)32(14)23(34)38-24(2,3)4/h7-10,14-15H,6,11-13H2,1-5H3. The lowest BCUT2D eigenvalue weighted by Crippen LogP contribution is -2.70. The van der Waals surface area contributed by atoms with Crippen LogP contribution in [-0.4, -0.2) is 75.2 Å². The van der Waals surface area contributed by atoms with Gasteiger partial charge in [-0.25, -0.2) is 9.59 Å². The second kappa shape index (κ2) is 9.14. The Morgan fingerprint density at radius 2 is 1.87 bits per heavy atom. The molecule has 3 aromatic rings. The van der Waals surface area contributed by atoms with Gasteiger partial charge in [0.2, 0.25) is 0 Å². The van der Waals surface area contributed by atoms with Crippen molar-refractivity contribution in [1.29, 1.82) is 0 Å². The van der Waals surface area contributed by atoms with E-state index in [0.29, 0.717) is 24.3 Å². The number of benzene rings is 1. The predicted molar refractivity (Wildman–Crippen MR) is 131 cm³/mol. The molecule has 2 aromatic heterocycles. The molecule has 0 aliphatic carbocycles. The van der Waals surface area contributed by atoms with Crippen molar-refractivity contribution in [1.82, 2.24) is 19.7 Å². The quantitative estimate of drug-likeness (QED) is 0.435. The maximum atomic E-state index is 14.5. The number of anilines is 1. The highest BCUT2D eigenvalue weighted by molar-refractivity contribution is 5.94. The number of hydrogen-bond donors (Lipinski definition) is 0. The van der Waals surface area contributed by atoms with Gasteiger partial charge in [-0.3, -0.25) is 9.58 Å². The summed E-state index contributed by atoms with van der Waals surface area (Å²) in [6.45, 7) is 7.50. The summed E-state index contributed by atoms with van der Waals surface area (Å²) in [6, 6.07) is 4.55. The van der Waals surface area contributed by atoms with Crippen LogP contribution in [0.15, 0.2) is 28.8 Å². The number of aryl methyl sites for hydroxylation is 1. The molecule has 3 aliphatic rings. The van der Waals surface area contributed by atoms with Crippen molar-refractivity contribution in [3.63, 3.8) is 0 Å². The maximum Gasteiger partial charge on any atom is 0.502 e. The van der Waals surface area contributed by atoms with Gasteiger partial charge in [0.05, 0.1) is 24.4 Å². The summed E-state index contributed by atoms with van der Waals surface area (Å²) < 4.78 is 51.4. The summed E-state index contributed by atoms with van der Waals surface area (Å²) in [6.07, 6.45) is -2.05. The summed E-state index contributed by atoms with van der Waals surface area (Å²) in [5, 5.41) is 4.38. The van der Waals surface area contributed by atoms with Crippen molar-refractivity contribution in [3.05, 3.63) is 24.4 Å². The van der Waals surface area contributed by atoms with Gasteiger partial charge in [0, 0.05) is 31.9 Å². The first-order chi connectivity index (χ1) is 17.9. The van der Waals surface area contributed by atoms with Crippen LogP contribution in [0.5, 0.6) is 5.75 Å². The Labute approximate surface area is 217 Å². The maximum absolute atomic E-state index is 14.5. The molecule has 204 valence electrons. The van der Waals surface area contributed by atoms with Crippen molar-refractivity contribution in [2.75, 3.05) is 24.6 Å². The lowest BCUT2D eigenvalue weighted by Gasteiger charge is -2.55. The molecule has 0 spiro atoms. The van der Waals surface area contributed by atoms with E-state index < -0.39 is 17.7 Å². The molecule has 6 rings (SSSR count). The molecule has 2 unspecified atom stereocenters. The van der Waals surface area contributed by atoms with E-state index in [1.165, 1.54) is 19.1 Å². The molecule has 3 saturated heterocycles. The fourth-order valence-corrected chi connectivity index (χ4v) is 4.72. The summed E-state index contributed by atoms with van der Waals surface area (Å²) in [5.74, 6) is -2.14. The lowest BCUT2D eigenvalue weighted by molar-refractivity contribution is -0.216. The number of amides is 1. The monoisotopic (exact) mass is 533 g/mol. The van der Waals surface area contributed by atoms with E-state index in [1.54, 1.807) is 28.9 Å². The van der Waals surface area contributed by atoms with Gasteiger partial charge in [0.15, 0.2) is 16.8 Å². The van der Waals surface area contributed by atoms with Gasteiger partial charge in [0.25, 0.3) is 6.01 Å². The minimum absolute atomic E-state index is 0.00960. The van der Waals surface area contributed by atoms with Gasteiger partial charge in [-0.2, -0.15) is 18.9 Å². The average Bonchev–Trinajstić information content (AvgIpc) is 3.45. The number of esters is 1. The van der Waals surface area contributed by atoms with E-state index in [2.05, 4.69) is 14.8 Å². The molecular formula is C25H29F2N5O6. The molecule has 3 fully saturated rings. The molecule has 1 aromatic carbocycles. The van der Waals surface area contributed by atoms with Crippen LogP contribution < -0.4 is 9.64 Å².